The highest BCUT2D eigenvalue weighted by atomic mass is 35.5. The van der Waals surface area contributed by atoms with E-state index in [4.69, 9.17) is 5.11 Å². The molecule has 0 saturated carbocycles. The molecule has 1 atom stereocenters. The Labute approximate surface area is 215 Å². The summed E-state index contributed by atoms with van der Waals surface area (Å²) in [4.78, 5) is 19.3. The lowest BCUT2D eigenvalue weighted by molar-refractivity contribution is -0.134. The van der Waals surface area contributed by atoms with Gasteiger partial charge in [0.1, 0.15) is 12.4 Å². The molecule has 2 aromatic heterocycles. The van der Waals surface area contributed by atoms with Gasteiger partial charge in [-0.15, -0.1) is 12.4 Å². The number of nitrogens with one attached hydrogen (secondary N) is 2. The lowest BCUT2D eigenvalue weighted by atomic mass is 9.99. The number of hydrogen-bond acceptors (Lipinski definition) is 6. The van der Waals surface area contributed by atoms with Crippen LogP contribution in [-0.4, -0.2) is 36.0 Å². The normalized spacial score (nSPS) is 11.8. The number of aromatic nitrogens is 2. The summed E-state index contributed by atoms with van der Waals surface area (Å²) < 4.78 is 28.8. The summed E-state index contributed by atoms with van der Waals surface area (Å²) in [5.41, 5.74) is 3.50. The molecule has 10 heteroatoms. The Kier molecular flexibility index (Phi) is 9.13. The standard InChI is InChI=1S/C26H24N4O4S.ClH/c31-26(32)18-28-24-10-6-9-22(29-24)23(30-35(33,34)25-11-4-5-16-27-25)17-19-12-14-21(15-13-19)20-7-2-1-3-8-20;/h1-16,23,30H,17-18H2,(H,28,29)(H,31,32);1H. The molecule has 0 bridgehead atoms. The van der Waals surface area contributed by atoms with Gasteiger partial charge in [-0.05, 0) is 47.4 Å². The number of halogens is 1. The summed E-state index contributed by atoms with van der Waals surface area (Å²) in [5, 5.41) is 11.6. The fraction of sp³-hybridized carbons (Fsp3) is 0.115. The highest BCUT2D eigenvalue weighted by Gasteiger charge is 2.24. The van der Waals surface area contributed by atoms with E-state index in [2.05, 4.69) is 20.0 Å². The number of anilines is 1. The van der Waals surface area contributed by atoms with Gasteiger partial charge in [-0.25, -0.2) is 23.1 Å². The van der Waals surface area contributed by atoms with E-state index in [1.165, 1.54) is 12.3 Å². The van der Waals surface area contributed by atoms with Gasteiger partial charge < -0.3 is 10.4 Å². The summed E-state index contributed by atoms with van der Waals surface area (Å²) >= 11 is 0. The lowest BCUT2D eigenvalue weighted by Crippen LogP contribution is -2.31. The van der Waals surface area contributed by atoms with Crippen molar-refractivity contribution in [3.8, 4) is 11.1 Å². The van der Waals surface area contributed by atoms with E-state index in [9.17, 15) is 13.2 Å². The van der Waals surface area contributed by atoms with E-state index in [0.29, 0.717) is 17.9 Å². The van der Waals surface area contributed by atoms with Crippen LogP contribution in [0.1, 0.15) is 17.3 Å². The first-order chi connectivity index (χ1) is 16.9. The summed E-state index contributed by atoms with van der Waals surface area (Å²) in [6.45, 7) is -0.304. The SMILES string of the molecule is Cl.O=C(O)CNc1cccc(C(Cc2ccc(-c3ccccc3)cc2)NS(=O)(=O)c2ccccn2)n1. The van der Waals surface area contributed by atoms with Crippen molar-refractivity contribution in [3.05, 3.63) is 108 Å². The quantitative estimate of drug-likeness (QED) is 0.282. The van der Waals surface area contributed by atoms with E-state index in [-0.39, 0.29) is 24.0 Å². The van der Waals surface area contributed by atoms with Gasteiger partial charge in [-0.1, -0.05) is 66.7 Å². The van der Waals surface area contributed by atoms with Gasteiger partial charge in [-0.3, -0.25) is 4.79 Å². The smallest absolute Gasteiger partial charge is 0.322 e. The number of sulfonamides is 1. The molecule has 2 aromatic carbocycles. The molecule has 0 aliphatic rings. The molecule has 3 N–H and O–H groups in total. The van der Waals surface area contributed by atoms with E-state index in [0.717, 1.165) is 16.7 Å². The van der Waals surface area contributed by atoms with Gasteiger partial charge in [0.25, 0.3) is 10.0 Å². The first-order valence-corrected chi connectivity index (χ1v) is 12.4. The number of pyridine rings is 2. The van der Waals surface area contributed by atoms with Crippen LogP contribution in [0, 0.1) is 0 Å². The maximum Gasteiger partial charge on any atom is 0.322 e. The van der Waals surface area contributed by atoms with Crippen LogP contribution in [-0.2, 0) is 21.2 Å². The number of aliphatic carboxylic acids is 1. The Morgan fingerprint density at radius 2 is 1.56 bits per heavy atom. The molecule has 1 unspecified atom stereocenters. The lowest BCUT2D eigenvalue weighted by Gasteiger charge is -2.19. The highest BCUT2D eigenvalue weighted by molar-refractivity contribution is 7.89. The van der Waals surface area contributed by atoms with Gasteiger partial charge in [0.15, 0.2) is 5.03 Å². The summed E-state index contributed by atoms with van der Waals surface area (Å²) in [6, 6.07) is 26.9. The molecule has 186 valence electrons. The topological polar surface area (TPSA) is 121 Å². The van der Waals surface area contributed by atoms with Crippen LogP contribution >= 0.6 is 12.4 Å². The monoisotopic (exact) mass is 524 g/mol. The van der Waals surface area contributed by atoms with Crippen LogP contribution in [0.2, 0.25) is 0 Å². The molecular weight excluding hydrogens is 500 g/mol. The van der Waals surface area contributed by atoms with Crippen molar-refractivity contribution >= 4 is 34.2 Å². The van der Waals surface area contributed by atoms with Gasteiger partial charge in [0.2, 0.25) is 0 Å². The number of hydrogen-bond donors (Lipinski definition) is 3. The third kappa shape index (κ3) is 7.11. The minimum absolute atomic E-state index is 0. The number of nitrogens with zero attached hydrogens (tertiary/aromatic N) is 2. The van der Waals surface area contributed by atoms with Gasteiger partial charge in [0.05, 0.1) is 11.7 Å². The molecule has 0 saturated heterocycles. The van der Waals surface area contributed by atoms with Gasteiger partial charge >= 0.3 is 5.97 Å². The van der Waals surface area contributed by atoms with E-state index < -0.39 is 22.0 Å². The zero-order valence-electron chi connectivity index (χ0n) is 19.1. The molecule has 0 fully saturated rings. The van der Waals surface area contributed by atoms with Crippen LogP contribution < -0.4 is 10.0 Å². The molecule has 0 aliphatic carbocycles. The van der Waals surface area contributed by atoms with Crippen LogP contribution in [0.5, 0.6) is 0 Å². The van der Waals surface area contributed by atoms with Crippen molar-refractivity contribution in [2.75, 3.05) is 11.9 Å². The number of carboxylic acids is 1. The molecular formula is C26H25ClN4O4S. The van der Waals surface area contributed by atoms with E-state index in [1.54, 1.807) is 30.3 Å². The molecule has 8 nitrogen and oxygen atoms in total. The fourth-order valence-electron chi connectivity index (χ4n) is 3.57. The van der Waals surface area contributed by atoms with Gasteiger partial charge in [-0.2, -0.15) is 0 Å². The number of carbonyl (C=O) groups is 1. The maximum absolute atomic E-state index is 13.1. The molecule has 0 amide bonds. The average Bonchev–Trinajstić information content (AvgIpc) is 2.89. The first-order valence-electron chi connectivity index (χ1n) is 10.9. The van der Waals surface area contributed by atoms with Crippen LogP contribution in [0.3, 0.4) is 0 Å². The van der Waals surface area contributed by atoms with E-state index >= 15 is 0 Å². The minimum atomic E-state index is -3.93. The molecule has 4 rings (SSSR count). The van der Waals surface area contributed by atoms with Crippen LogP contribution in [0.4, 0.5) is 5.82 Å². The molecule has 36 heavy (non-hydrogen) atoms. The average molecular weight is 525 g/mol. The van der Waals surface area contributed by atoms with Crippen molar-refractivity contribution < 1.29 is 18.3 Å². The summed E-state index contributed by atoms with van der Waals surface area (Å²) in [6.07, 6.45) is 1.75. The molecule has 0 spiro atoms. The second-order valence-electron chi connectivity index (χ2n) is 7.80. The number of benzene rings is 2. The first kappa shape index (κ1) is 26.8. The summed E-state index contributed by atoms with van der Waals surface area (Å²) in [5.74, 6) is -0.686. The number of carboxylic acid groups (broad SMARTS) is 1. The minimum Gasteiger partial charge on any atom is -0.480 e. The zero-order valence-corrected chi connectivity index (χ0v) is 20.7. The predicted octanol–water partition coefficient (Wildman–Crippen LogP) is 4.32. The Morgan fingerprint density at radius 3 is 2.22 bits per heavy atom. The Balaban J connectivity index is 0.00000361. The van der Waals surface area contributed by atoms with Crippen LogP contribution in [0.15, 0.2) is 102 Å². The third-order valence-electron chi connectivity index (χ3n) is 5.26. The largest absolute Gasteiger partial charge is 0.480 e. The highest BCUT2D eigenvalue weighted by Crippen LogP contribution is 2.24. The predicted molar refractivity (Wildman–Crippen MR) is 140 cm³/mol. The van der Waals surface area contributed by atoms with Crippen molar-refractivity contribution in [2.24, 2.45) is 0 Å². The molecule has 0 aliphatic heterocycles. The molecule has 0 radical (unpaired) electrons. The Morgan fingerprint density at radius 1 is 0.861 bits per heavy atom. The fourth-order valence-corrected chi connectivity index (χ4v) is 4.73. The Bertz CT molecular complexity index is 1390. The van der Waals surface area contributed by atoms with Gasteiger partial charge in [0, 0.05) is 6.20 Å². The van der Waals surface area contributed by atoms with E-state index in [1.807, 2.05) is 54.6 Å². The van der Waals surface area contributed by atoms with Crippen molar-refractivity contribution in [1.82, 2.24) is 14.7 Å². The zero-order chi connectivity index (χ0) is 24.7. The summed E-state index contributed by atoms with van der Waals surface area (Å²) in [7, 11) is -3.93. The molecule has 4 aromatic rings. The third-order valence-corrected chi connectivity index (χ3v) is 6.65. The number of rotatable bonds is 10. The van der Waals surface area contributed by atoms with Crippen LogP contribution in [0.25, 0.3) is 11.1 Å². The Hall–Kier alpha value is -3.79. The second kappa shape index (κ2) is 12.3. The molecule has 2 heterocycles. The van der Waals surface area contributed by atoms with Crippen molar-refractivity contribution in [2.45, 2.75) is 17.5 Å². The van der Waals surface area contributed by atoms with Crippen molar-refractivity contribution in [1.29, 1.82) is 0 Å². The second-order valence-corrected chi connectivity index (χ2v) is 9.46. The van der Waals surface area contributed by atoms with Crippen molar-refractivity contribution in [3.63, 3.8) is 0 Å². The maximum atomic E-state index is 13.1.